The van der Waals surface area contributed by atoms with Gasteiger partial charge in [-0.05, 0) is 37.3 Å². The predicted octanol–water partition coefficient (Wildman–Crippen LogP) is 0.839. The highest BCUT2D eigenvalue weighted by atomic mass is 32.2. The van der Waals surface area contributed by atoms with Gasteiger partial charge in [0.25, 0.3) is 10.1 Å². The molecule has 0 aliphatic heterocycles. The molecule has 6 radical (unpaired) electrons. The summed E-state index contributed by atoms with van der Waals surface area (Å²) < 4.78 is 40.5. The Morgan fingerprint density at radius 1 is 1.03 bits per heavy atom. The molecule has 0 bridgehead atoms. The van der Waals surface area contributed by atoms with Gasteiger partial charge in [-0.1, -0.05) is 36.2 Å². The summed E-state index contributed by atoms with van der Waals surface area (Å²) in [5, 5.41) is 0. The zero-order chi connectivity index (χ0) is 22.3. The van der Waals surface area contributed by atoms with Crippen molar-refractivity contribution >= 4 is 45.6 Å². The van der Waals surface area contributed by atoms with Crippen LogP contribution in [0.5, 0.6) is 0 Å². The topological polar surface area (TPSA) is 107 Å². The van der Waals surface area contributed by atoms with Crippen LogP contribution < -0.4 is 0 Å². The Morgan fingerprint density at radius 3 is 2.23 bits per heavy atom. The predicted molar refractivity (Wildman–Crippen MR) is 113 cm³/mol. The number of hydrogen-bond acceptors (Lipinski definition) is 6. The van der Waals surface area contributed by atoms with E-state index in [0.717, 1.165) is 11.1 Å². The first-order valence-electron chi connectivity index (χ1n) is 9.76. The van der Waals surface area contributed by atoms with Crippen molar-refractivity contribution in [3.05, 3.63) is 34.4 Å². The molecule has 0 unspecified atom stereocenters. The number of ether oxygens (including phenoxy) is 2. The van der Waals surface area contributed by atoms with Gasteiger partial charge in [0.1, 0.15) is 18.5 Å². The van der Waals surface area contributed by atoms with E-state index < -0.39 is 40.3 Å². The van der Waals surface area contributed by atoms with Crippen LogP contribution in [-0.2, 0) is 43.3 Å². The third-order valence-electron chi connectivity index (χ3n) is 5.15. The van der Waals surface area contributed by atoms with E-state index in [1.54, 1.807) is 6.07 Å². The zero-order valence-electron chi connectivity index (χ0n) is 16.7. The van der Waals surface area contributed by atoms with Crippen molar-refractivity contribution < 1.29 is 32.0 Å². The molecule has 1 aliphatic rings. The maximum absolute atomic E-state index is 12.7. The monoisotopic (exact) mass is 428 g/mol. The molecular weight excluding hydrogens is 405 g/mol. The second-order valence-electron chi connectivity index (χ2n) is 7.23. The Kier molecular flexibility index (Phi) is 9.03. The molecule has 0 saturated heterocycles. The van der Waals surface area contributed by atoms with Gasteiger partial charge in [0, 0.05) is 0 Å². The highest BCUT2D eigenvalue weighted by Crippen LogP contribution is 2.29. The quantitative estimate of drug-likeness (QED) is 0.353. The SMILES string of the molecule is [B]Cc1cc(C[B])c(C[B])c(C(=O)OC2CCC(C(=O)OCCS(=O)(=O)O)CC2)c1. The van der Waals surface area contributed by atoms with E-state index in [9.17, 15) is 18.0 Å². The van der Waals surface area contributed by atoms with Crippen LogP contribution in [0.15, 0.2) is 12.1 Å². The van der Waals surface area contributed by atoms with Gasteiger partial charge in [-0.2, -0.15) is 8.42 Å². The average Bonchev–Trinajstić information content (AvgIpc) is 2.72. The van der Waals surface area contributed by atoms with E-state index in [-0.39, 0.29) is 25.1 Å². The summed E-state index contributed by atoms with van der Waals surface area (Å²) in [4.78, 5) is 24.8. The van der Waals surface area contributed by atoms with Crippen molar-refractivity contribution in [1.82, 2.24) is 0 Å². The first-order valence-corrected chi connectivity index (χ1v) is 11.4. The normalized spacial score (nSPS) is 19.2. The summed E-state index contributed by atoms with van der Waals surface area (Å²) in [7, 11) is 13.1. The van der Waals surface area contributed by atoms with E-state index in [2.05, 4.69) is 0 Å². The first-order chi connectivity index (χ1) is 14.2. The molecule has 2 rings (SSSR count). The van der Waals surface area contributed by atoms with Crippen LogP contribution in [0.1, 0.15) is 52.7 Å². The molecule has 1 saturated carbocycles. The number of carbonyl (C=O) groups excluding carboxylic acids is 2. The van der Waals surface area contributed by atoms with Gasteiger partial charge < -0.3 is 9.47 Å². The van der Waals surface area contributed by atoms with E-state index in [1.165, 1.54) is 0 Å². The molecule has 0 spiro atoms. The lowest BCUT2D eigenvalue weighted by molar-refractivity contribution is -0.149. The zero-order valence-corrected chi connectivity index (χ0v) is 17.5. The van der Waals surface area contributed by atoms with Crippen molar-refractivity contribution in [3.63, 3.8) is 0 Å². The molecule has 156 valence electrons. The fourth-order valence-electron chi connectivity index (χ4n) is 3.52. The molecular formula is C19H23B3O7S. The number of rotatable bonds is 9. The van der Waals surface area contributed by atoms with Crippen molar-refractivity contribution in [2.45, 2.75) is 50.7 Å². The van der Waals surface area contributed by atoms with Crippen LogP contribution in [0.4, 0.5) is 0 Å². The van der Waals surface area contributed by atoms with Gasteiger partial charge in [-0.25, -0.2) is 4.79 Å². The molecule has 1 aliphatic carbocycles. The number of esters is 2. The number of hydrogen-bond donors (Lipinski definition) is 1. The minimum atomic E-state index is -4.17. The van der Waals surface area contributed by atoms with Gasteiger partial charge in [0.05, 0.1) is 35.0 Å². The highest BCUT2D eigenvalue weighted by Gasteiger charge is 2.30. The summed E-state index contributed by atoms with van der Waals surface area (Å²) in [6.07, 6.45) is 2.11. The summed E-state index contributed by atoms with van der Waals surface area (Å²) in [6, 6.07) is 3.50. The molecule has 30 heavy (non-hydrogen) atoms. The molecule has 1 aromatic rings. The first kappa shape index (κ1) is 24.5. The van der Waals surface area contributed by atoms with Crippen molar-refractivity contribution in [2.75, 3.05) is 12.4 Å². The van der Waals surface area contributed by atoms with Gasteiger partial charge in [0.15, 0.2) is 0 Å². The largest absolute Gasteiger partial charge is 0.464 e. The summed E-state index contributed by atoms with van der Waals surface area (Å²) in [5.41, 5.74) is 2.50. The van der Waals surface area contributed by atoms with Crippen molar-refractivity contribution in [1.29, 1.82) is 0 Å². The van der Waals surface area contributed by atoms with Gasteiger partial charge in [-0.15, -0.1) is 0 Å². The highest BCUT2D eigenvalue weighted by molar-refractivity contribution is 7.85. The van der Waals surface area contributed by atoms with E-state index in [0.29, 0.717) is 36.8 Å². The lowest BCUT2D eigenvalue weighted by Crippen LogP contribution is -2.30. The van der Waals surface area contributed by atoms with E-state index in [4.69, 9.17) is 37.6 Å². The lowest BCUT2D eigenvalue weighted by Gasteiger charge is -2.27. The third-order valence-corrected chi connectivity index (χ3v) is 5.83. The fraction of sp³-hybridized carbons (Fsp3) is 0.579. The smallest absolute Gasteiger partial charge is 0.338 e. The Labute approximate surface area is 181 Å². The van der Waals surface area contributed by atoms with Crippen molar-refractivity contribution in [3.8, 4) is 0 Å². The van der Waals surface area contributed by atoms with Crippen LogP contribution in [0.3, 0.4) is 0 Å². The Bertz CT molecular complexity index is 865. The Morgan fingerprint density at radius 2 is 1.70 bits per heavy atom. The van der Waals surface area contributed by atoms with E-state index in [1.807, 2.05) is 6.07 Å². The molecule has 7 nitrogen and oxygen atoms in total. The number of carbonyl (C=O) groups is 2. The fourth-order valence-corrected chi connectivity index (χ4v) is 3.81. The maximum Gasteiger partial charge on any atom is 0.338 e. The third kappa shape index (κ3) is 6.91. The molecule has 0 heterocycles. The van der Waals surface area contributed by atoms with Gasteiger partial charge in [0.2, 0.25) is 0 Å². The van der Waals surface area contributed by atoms with Crippen LogP contribution in [0.2, 0.25) is 0 Å². The van der Waals surface area contributed by atoms with Crippen molar-refractivity contribution in [2.24, 2.45) is 5.92 Å². The molecule has 1 N–H and O–H groups in total. The Hall–Kier alpha value is -1.74. The standard InChI is InChI=1S/C19H23B3O7S/c20-9-12-7-14(10-21)17(11-22)16(8-12)19(24)29-15-3-1-13(2-4-15)18(23)28-5-6-30(25,26)27/h7-8,13,15H,1-6,9-11H2,(H,25,26,27). The van der Waals surface area contributed by atoms with Crippen LogP contribution in [0, 0.1) is 5.92 Å². The lowest BCUT2D eigenvalue weighted by atomic mass is 9.81. The van der Waals surface area contributed by atoms with Gasteiger partial charge >= 0.3 is 11.9 Å². The van der Waals surface area contributed by atoms with E-state index >= 15 is 0 Å². The minimum Gasteiger partial charge on any atom is -0.464 e. The van der Waals surface area contributed by atoms with Gasteiger partial charge in [-0.3, -0.25) is 9.35 Å². The molecule has 0 atom stereocenters. The second kappa shape index (κ2) is 11.0. The minimum absolute atomic E-state index is 0.143. The summed E-state index contributed by atoms with van der Waals surface area (Å²) >= 11 is 0. The summed E-state index contributed by atoms with van der Waals surface area (Å²) in [6.45, 7) is -0.393. The maximum atomic E-state index is 12.7. The second-order valence-corrected chi connectivity index (χ2v) is 8.80. The molecule has 1 fully saturated rings. The molecule has 11 heteroatoms. The molecule has 0 amide bonds. The Balaban J connectivity index is 1.94. The van der Waals surface area contributed by atoms with Crippen LogP contribution >= 0.6 is 0 Å². The van der Waals surface area contributed by atoms with Crippen LogP contribution in [-0.4, -0.2) is 66.9 Å². The molecule has 0 aromatic heterocycles. The van der Waals surface area contributed by atoms with Crippen LogP contribution in [0.25, 0.3) is 0 Å². The summed E-state index contributed by atoms with van der Waals surface area (Å²) in [5.74, 6) is -2.05. The number of benzene rings is 1. The molecule has 1 aromatic carbocycles. The average molecular weight is 428 g/mol.